The average molecular weight is 257 g/mol. The lowest BCUT2D eigenvalue weighted by atomic mass is 10.0. The molecule has 2 heterocycles. The second-order valence-electron chi connectivity index (χ2n) is 4.96. The molecule has 1 unspecified atom stereocenters. The molecule has 1 aliphatic heterocycles. The molecule has 1 aliphatic rings. The Morgan fingerprint density at radius 2 is 2.32 bits per heavy atom. The van der Waals surface area contributed by atoms with Gasteiger partial charge in [0.05, 0.1) is 19.3 Å². The van der Waals surface area contributed by atoms with E-state index in [1.807, 2.05) is 23.0 Å². The maximum atomic E-state index is 5.66. The van der Waals surface area contributed by atoms with Gasteiger partial charge in [0.25, 0.3) is 0 Å². The fourth-order valence-corrected chi connectivity index (χ4v) is 2.50. The van der Waals surface area contributed by atoms with Crippen LogP contribution in [0.25, 0.3) is 0 Å². The lowest BCUT2D eigenvalue weighted by molar-refractivity contribution is 0.251. The fourth-order valence-electron chi connectivity index (χ4n) is 2.50. The van der Waals surface area contributed by atoms with Gasteiger partial charge in [0.2, 0.25) is 0 Å². The van der Waals surface area contributed by atoms with Crippen LogP contribution in [0.3, 0.4) is 0 Å². The highest BCUT2D eigenvalue weighted by atomic mass is 16.5. The molecule has 1 aromatic carbocycles. The van der Waals surface area contributed by atoms with Crippen LogP contribution in [-0.2, 0) is 6.54 Å². The zero-order valence-electron chi connectivity index (χ0n) is 11.2. The van der Waals surface area contributed by atoms with Crippen LogP contribution in [0.15, 0.2) is 36.7 Å². The number of nitrogens with one attached hydrogen (secondary N) is 1. The Balaban J connectivity index is 1.59. The number of aryl methyl sites for hydroxylation is 1. The molecule has 0 saturated carbocycles. The second kappa shape index (κ2) is 5.45. The van der Waals surface area contributed by atoms with E-state index in [-0.39, 0.29) is 0 Å². The molecule has 0 radical (unpaired) electrons. The minimum Gasteiger partial charge on any atom is -0.493 e. The Bertz CT molecular complexity index is 550. The van der Waals surface area contributed by atoms with Gasteiger partial charge in [-0.1, -0.05) is 18.2 Å². The summed E-state index contributed by atoms with van der Waals surface area (Å²) in [6.07, 6.45) is 4.98. The smallest absolute Gasteiger partial charge is 0.124 e. The zero-order valence-corrected chi connectivity index (χ0v) is 11.2. The third-order valence-corrected chi connectivity index (χ3v) is 3.45. The fraction of sp³-hybridized carbons (Fsp3) is 0.400. The van der Waals surface area contributed by atoms with Crippen molar-refractivity contribution in [3.05, 3.63) is 47.8 Å². The van der Waals surface area contributed by atoms with Gasteiger partial charge < -0.3 is 10.1 Å². The van der Waals surface area contributed by atoms with Gasteiger partial charge in [-0.15, -0.1) is 0 Å². The molecule has 2 aromatic rings. The van der Waals surface area contributed by atoms with Crippen LogP contribution in [0.2, 0.25) is 0 Å². The molecule has 1 atom stereocenters. The van der Waals surface area contributed by atoms with E-state index >= 15 is 0 Å². The summed E-state index contributed by atoms with van der Waals surface area (Å²) in [5.74, 6) is 1.01. The monoisotopic (exact) mass is 257 g/mol. The largest absolute Gasteiger partial charge is 0.493 e. The highest BCUT2D eigenvalue weighted by Crippen LogP contribution is 2.31. The SMILES string of the molecule is Cc1cnn(CCNC2CCOc3ccccc32)c1. The Hall–Kier alpha value is -1.81. The first-order valence-electron chi connectivity index (χ1n) is 6.77. The molecule has 0 fully saturated rings. The standard InChI is InChI=1S/C15H19N3O/c1-12-10-17-18(11-12)8-7-16-14-6-9-19-15-5-3-2-4-13(14)15/h2-5,10-11,14,16H,6-9H2,1H3. The third kappa shape index (κ3) is 2.79. The lowest BCUT2D eigenvalue weighted by Gasteiger charge is -2.26. The molecule has 1 N–H and O–H groups in total. The number of rotatable bonds is 4. The predicted molar refractivity (Wildman–Crippen MR) is 74.3 cm³/mol. The Morgan fingerprint density at radius 3 is 3.16 bits per heavy atom. The van der Waals surface area contributed by atoms with Crippen LogP contribution >= 0.6 is 0 Å². The van der Waals surface area contributed by atoms with Crippen LogP contribution < -0.4 is 10.1 Å². The maximum absolute atomic E-state index is 5.66. The summed E-state index contributed by atoms with van der Waals surface area (Å²) in [5, 5.41) is 7.89. The molecule has 19 heavy (non-hydrogen) atoms. The zero-order chi connectivity index (χ0) is 13.1. The first kappa shape index (κ1) is 12.2. The quantitative estimate of drug-likeness (QED) is 0.913. The van der Waals surface area contributed by atoms with Crippen molar-refractivity contribution in [2.75, 3.05) is 13.2 Å². The molecular weight excluding hydrogens is 238 g/mol. The predicted octanol–water partition coefficient (Wildman–Crippen LogP) is 2.30. The van der Waals surface area contributed by atoms with Crippen LogP contribution in [-0.4, -0.2) is 22.9 Å². The highest BCUT2D eigenvalue weighted by Gasteiger charge is 2.19. The van der Waals surface area contributed by atoms with Crippen molar-refractivity contribution in [1.29, 1.82) is 0 Å². The summed E-state index contributed by atoms with van der Waals surface area (Å²) in [5.41, 5.74) is 2.47. The van der Waals surface area contributed by atoms with Crippen LogP contribution in [0.1, 0.15) is 23.6 Å². The van der Waals surface area contributed by atoms with Gasteiger partial charge in [-0.3, -0.25) is 4.68 Å². The number of hydrogen-bond acceptors (Lipinski definition) is 3. The number of aromatic nitrogens is 2. The van der Waals surface area contributed by atoms with E-state index in [9.17, 15) is 0 Å². The number of benzene rings is 1. The van der Waals surface area contributed by atoms with Crippen molar-refractivity contribution in [2.24, 2.45) is 0 Å². The van der Waals surface area contributed by atoms with E-state index in [1.165, 1.54) is 11.1 Å². The molecule has 4 heteroatoms. The van der Waals surface area contributed by atoms with Gasteiger partial charge in [0, 0.05) is 30.8 Å². The van der Waals surface area contributed by atoms with Crippen molar-refractivity contribution in [3.8, 4) is 5.75 Å². The number of ether oxygens (including phenoxy) is 1. The molecule has 3 rings (SSSR count). The average Bonchev–Trinajstić information content (AvgIpc) is 2.85. The van der Waals surface area contributed by atoms with Crippen LogP contribution in [0.4, 0.5) is 0 Å². The molecule has 4 nitrogen and oxygen atoms in total. The number of nitrogens with zero attached hydrogens (tertiary/aromatic N) is 2. The summed E-state index contributed by atoms with van der Waals surface area (Å²) in [7, 11) is 0. The normalized spacial score (nSPS) is 17.8. The molecule has 0 aliphatic carbocycles. The first-order valence-corrected chi connectivity index (χ1v) is 6.77. The summed E-state index contributed by atoms with van der Waals surface area (Å²) >= 11 is 0. The van der Waals surface area contributed by atoms with Gasteiger partial charge >= 0.3 is 0 Å². The molecule has 0 spiro atoms. The van der Waals surface area contributed by atoms with E-state index in [2.05, 4.69) is 35.7 Å². The summed E-state index contributed by atoms with van der Waals surface area (Å²) in [6, 6.07) is 8.67. The van der Waals surface area contributed by atoms with Crippen molar-refractivity contribution in [1.82, 2.24) is 15.1 Å². The molecule has 1 aromatic heterocycles. The van der Waals surface area contributed by atoms with Gasteiger partial charge in [0.1, 0.15) is 5.75 Å². The summed E-state index contributed by atoms with van der Waals surface area (Å²) in [4.78, 5) is 0. The Kier molecular flexibility index (Phi) is 3.51. The molecule has 0 amide bonds. The van der Waals surface area contributed by atoms with Crippen molar-refractivity contribution < 1.29 is 4.74 Å². The maximum Gasteiger partial charge on any atom is 0.124 e. The van der Waals surface area contributed by atoms with E-state index in [4.69, 9.17) is 4.74 Å². The summed E-state index contributed by atoms with van der Waals surface area (Å²) < 4.78 is 7.64. The van der Waals surface area contributed by atoms with Crippen molar-refractivity contribution in [2.45, 2.75) is 25.9 Å². The third-order valence-electron chi connectivity index (χ3n) is 3.45. The van der Waals surface area contributed by atoms with Crippen LogP contribution in [0, 0.1) is 6.92 Å². The van der Waals surface area contributed by atoms with Gasteiger partial charge in [-0.25, -0.2) is 0 Å². The van der Waals surface area contributed by atoms with E-state index in [1.54, 1.807) is 0 Å². The summed E-state index contributed by atoms with van der Waals surface area (Å²) in [6.45, 7) is 4.66. The number of fused-ring (bicyclic) bond motifs is 1. The van der Waals surface area contributed by atoms with Crippen LogP contribution in [0.5, 0.6) is 5.75 Å². The van der Waals surface area contributed by atoms with Gasteiger partial charge in [0.15, 0.2) is 0 Å². The molecule has 100 valence electrons. The van der Waals surface area contributed by atoms with Crippen molar-refractivity contribution >= 4 is 0 Å². The number of hydrogen-bond donors (Lipinski definition) is 1. The van der Waals surface area contributed by atoms with Gasteiger partial charge in [-0.2, -0.15) is 5.10 Å². The topological polar surface area (TPSA) is 39.1 Å². The second-order valence-corrected chi connectivity index (χ2v) is 4.96. The minimum atomic E-state index is 0.390. The Labute approximate surface area is 113 Å². The minimum absolute atomic E-state index is 0.390. The highest BCUT2D eigenvalue weighted by molar-refractivity contribution is 5.37. The first-order chi connectivity index (χ1) is 9.33. The van der Waals surface area contributed by atoms with Crippen molar-refractivity contribution in [3.63, 3.8) is 0 Å². The molecular formula is C15H19N3O. The van der Waals surface area contributed by atoms with E-state index in [0.29, 0.717) is 6.04 Å². The van der Waals surface area contributed by atoms with E-state index < -0.39 is 0 Å². The van der Waals surface area contributed by atoms with Gasteiger partial charge in [-0.05, 0) is 18.6 Å². The molecule has 0 saturated heterocycles. The van der Waals surface area contributed by atoms with E-state index in [0.717, 1.165) is 31.9 Å². The Morgan fingerprint density at radius 1 is 1.42 bits per heavy atom. The number of para-hydroxylation sites is 1. The molecule has 0 bridgehead atoms. The lowest BCUT2D eigenvalue weighted by Crippen LogP contribution is -2.29.